The van der Waals surface area contributed by atoms with Gasteiger partial charge in [-0.2, -0.15) is 0 Å². The van der Waals surface area contributed by atoms with E-state index in [0.717, 1.165) is 27.2 Å². The third-order valence-corrected chi connectivity index (χ3v) is 3.91. The van der Waals surface area contributed by atoms with Crippen LogP contribution in [0.4, 0.5) is 5.69 Å². The maximum atomic E-state index is 5.89. The lowest BCUT2D eigenvalue weighted by Gasteiger charge is -2.12. The highest BCUT2D eigenvalue weighted by atomic mass is 35.5. The van der Waals surface area contributed by atoms with Gasteiger partial charge in [0.25, 0.3) is 0 Å². The number of anilines is 1. The molecule has 0 unspecified atom stereocenters. The summed E-state index contributed by atoms with van der Waals surface area (Å²) in [7, 11) is 0. The molecule has 0 saturated heterocycles. The summed E-state index contributed by atoms with van der Waals surface area (Å²) in [6.07, 6.45) is 1.76. The monoisotopic (exact) mass is 323 g/mol. The number of thiocarbonyl (C=S) groups is 1. The Balaban J connectivity index is 2.15. The Hall–Kier alpha value is -1.30. The summed E-state index contributed by atoms with van der Waals surface area (Å²) in [5.41, 5.74) is 0.887. The molecule has 0 fully saturated rings. The van der Waals surface area contributed by atoms with Crippen molar-refractivity contribution >= 4 is 46.4 Å². The van der Waals surface area contributed by atoms with E-state index in [1.54, 1.807) is 18.0 Å². The van der Waals surface area contributed by atoms with E-state index in [-0.39, 0.29) is 0 Å². The van der Waals surface area contributed by atoms with Crippen molar-refractivity contribution in [3.63, 3.8) is 0 Å². The summed E-state index contributed by atoms with van der Waals surface area (Å²) in [5.74, 6) is 0. The number of aromatic nitrogens is 1. The second-order valence-electron chi connectivity index (χ2n) is 3.90. The van der Waals surface area contributed by atoms with Crippen molar-refractivity contribution in [3.05, 3.63) is 47.6 Å². The summed E-state index contributed by atoms with van der Waals surface area (Å²) in [6, 6.07) is 11.5. The molecule has 0 radical (unpaired) electrons. The Bertz CT molecular complexity index is 587. The van der Waals surface area contributed by atoms with E-state index in [9.17, 15) is 0 Å². The largest absolute Gasteiger partial charge is 0.363 e. The van der Waals surface area contributed by atoms with E-state index in [2.05, 4.69) is 15.6 Å². The summed E-state index contributed by atoms with van der Waals surface area (Å²) in [5, 5.41) is 8.40. The number of halogens is 1. The van der Waals surface area contributed by atoms with Crippen LogP contribution < -0.4 is 10.6 Å². The maximum Gasteiger partial charge on any atom is 0.170 e. The third kappa shape index (κ3) is 4.37. The molecule has 2 aromatic rings. The predicted octanol–water partition coefficient (Wildman–Crippen LogP) is 4.19. The molecule has 20 heavy (non-hydrogen) atoms. The zero-order valence-corrected chi connectivity index (χ0v) is 13.3. The zero-order chi connectivity index (χ0) is 14.4. The van der Waals surface area contributed by atoms with Crippen LogP contribution in [0, 0.1) is 0 Å². The lowest BCUT2D eigenvalue weighted by atomic mass is 10.4. The van der Waals surface area contributed by atoms with Crippen molar-refractivity contribution in [2.75, 3.05) is 11.9 Å². The Kier molecular flexibility index (Phi) is 5.64. The lowest BCUT2D eigenvalue weighted by Crippen LogP contribution is -2.28. The van der Waals surface area contributed by atoms with Crippen molar-refractivity contribution < 1.29 is 0 Å². The molecule has 0 saturated carbocycles. The molecule has 2 rings (SSSR count). The quantitative estimate of drug-likeness (QED) is 0.825. The fourth-order valence-electron chi connectivity index (χ4n) is 1.51. The first-order valence-corrected chi connectivity index (χ1v) is 7.72. The van der Waals surface area contributed by atoms with Crippen LogP contribution in [0.5, 0.6) is 0 Å². The molecule has 2 N–H and O–H groups in total. The van der Waals surface area contributed by atoms with Crippen LogP contribution in [0.15, 0.2) is 52.5 Å². The highest BCUT2D eigenvalue weighted by Gasteiger charge is 2.07. The molecular weight excluding hydrogens is 310 g/mol. The van der Waals surface area contributed by atoms with Gasteiger partial charge < -0.3 is 10.6 Å². The van der Waals surface area contributed by atoms with Crippen molar-refractivity contribution in [1.29, 1.82) is 0 Å². The molecule has 0 aliphatic rings. The topological polar surface area (TPSA) is 37.0 Å². The molecule has 104 valence electrons. The second-order valence-corrected chi connectivity index (χ2v) is 5.80. The van der Waals surface area contributed by atoms with E-state index in [1.165, 1.54) is 0 Å². The van der Waals surface area contributed by atoms with Gasteiger partial charge in [0.15, 0.2) is 5.11 Å². The minimum Gasteiger partial charge on any atom is -0.363 e. The predicted molar refractivity (Wildman–Crippen MR) is 89.7 cm³/mol. The molecule has 3 nitrogen and oxygen atoms in total. The number of hydrogen-bond acceptors (Lipinski definition) is 3. The number of hydrogen-bond donors (Lipinski definition) is 2. The van der Waals surface area contributed by atoms with Crippen LogP contribution in [-0.4, -0.2) is 16.6 Å². The highest BCUT2D eigenvalue weighted by Crippen LogP contribution is 2.31. The zero-order valence-electron chi connectivity index (χ0n) is 10.9. The van der Waals surface area contributed by atoms with E-state index in [0.29, 0.717) is 5.11 Å². The van der Waals surface area contributed by atoms with Crippen molar-refractivity contribution in [3.8, 4) is 0 Å². The first-order valence-electron chi connectivity index (χ1n) is 6.12. The lowest BCUT2D eigenvalue weighted by molar-refractivity contribution is 0.977. The minimum absolute atomic E-state index is 0.596. The molecule has 0 bridgehead atoms. The van der Waals surface area contributed by atoms with Crippen LogP contribution >= 0.6 is 35.6 Å². The van der Waals surface area contributed by atoms with Crippen LogP contribution in [0.3, 0.4) is 0 Å². The van der Waals surface area contributed by atoms with Gasteiger partial charge in [0.05, 0.1) is 5.69 Å². The van der Waals surface area contributed by atoms with E-state index in [1.807, 2.05) is 43.3 Å². The summed E-state index contributed by atoms with van der Waals surface area (Å²) in [6.45, 7) is 2.78. The van der Waals surface area contributed by atoms with Crippen LogP contribution in [0.2, 0.25) is 5.02 Å². The van der Waals surface area contributed by atoms with E-state index in [4.69, 9.17) is 23.8 Å². The van der Waals surface area contributed by atoms with Crippen molar-refractivity contribution in [2.45, 2.75) is 16.8 Å². The number of nitrogens with one attached hydrogen (secondary N) is 2. The molecule has 6 heteroatoms. The van der Waals surface area contributed by atoms with Crippen molar-refractivity contribution in [1.82, 2.24) is 10.3 Å². The summed E-state index contributed by atoms with van der Waals surface area (Å²) in [4.78, 5) is 5.46. The maximum absolute atomic E-state index is 5.89. The Morgan fingerprint density at radius 2 is 2.05 bits per heavy atom. The van der Waals surface area contributed by atoms with Gasteiger partial charge in [0, 0.05) is 22.7 Å². The molecule has 0 amide bonds. The van der Waals surface area contributed by atoms with Crippen LogP contribution in [-0.2, 0) is 0 Å². The number of nitrogens with zero attached hydrogens (tertiary/aromatic N) is 1. The first-order chi connectivity index (χ1) is 9.69. The number of benzene rings is 1. The molecule has 1 heterocycles. The molecule has 0 aliphatic carbocycles. The molecule has 0 spiro atoms. The standard InChI is InChI=1S/C14H14ClN3S2/c1-2-16-14(19)18-12-4-3-9-17-13(12)20-11-7-5-10(15)6-8-11/h3-9H,2H2,1H3,(H2,16,18,19). The van der Waals surface area contributed by atoms with Gasteiger partial charge >= 0.3 is 0 Å². The Labute approximate surface area is 133 Å². The second kappa shape index (κ2) is 7.47. The van der Waals surface area contributed by atoms with Gasteiger partial charge in [0.1, 0.15) is 5.03 Å². The van der Waals surface area contributed by atoms with Crippen LogP contribution in [0.1, 0.15) is 6.92 Å². The van der Waals surface area contributed by atoms with Gasteiger partial charge in [-0.15, -0.1) is 0 Å². The Morgan fingerprint density at radius 3 is 2.75 bits per heavy atom. The summed E-state index contributed by atoms with van der Waals surface area (Å²) < 4.78 is 0. The van der Waals surface area contributed by atoms with E-state index >= 15 is 0 Å². The molecule has 0 atom stereocenters. The van der Waals surface area contributed by atoms with E-state index < -0.39 is 0 Å². The molecule has 1 aromatic carbocycles. The van der Waals surface area contributed by atoms with Gasteiger partial charge in [-0.1, -0.05) is 23.4 Å². The van der Waals surface area contributed by atoms with Crippen molar-refractivity contribution in [2.24, 2.45) is 0 Å². The molecule has 0 aliphatic heterocycles. The molecule has 1 aromatic heterocycles. The minimum atomic E-state index is 0.596. The molecular formula is C14H14ClN3S2. The average molecular weight is 324 g/mol. The fourth-order valence-corrected chi connectivity index (χ4v) is 2.73. The smallest absolute Gasteiger partial charge is 0.170 e. The summed E-state index contributed by atoms with van der Waals surface area (Å²) >= 11 is 12.7. The Morgan fingerprint density at radius 1 is 1.30 bits per heavy atom. The fraction of sp³-hybridized carbons (Fsp3) is 0.143. The van der Waals surface area contributed by atoms with Gasteiger partial charge in [0.2, 0.25) is 0 Å². The average Bonchev–Trinajstić information content (AvgIpc) is 2.44. The first kappa shape index (κ1) is 15.1. The highest BCUT2D eigenvalue weighted by molar-refractivity contribution is 7.99. The third-order valence-electron chi connectivity index (χ3n) is 2.38. The normalized spacial score (nSPS) is 10.1. The van der Waals surface area contributed by atoms with Crippen LogP contribution in [0.25, 0.3) is 0 Å². The number of rotatable bonds is 4. The van der Waals surface area contributed by atoms with Gasteiger partial charge in [-0.3, -0.25) is 0 Å². The SMILES string of the molecule is CCNC(=S)Nc1cccnc1Sc1ccc(Cl)cc1. The number of pyridine rings is 1. The van der Waals surface area contributed by atoms with Gasteiger partial charge in [-0.05, 0) is 55.5 Å². The van der Waals surface area contributed by atoms with Gasteiger partial charge in [-0.25, -0.2) is 4.98 Å².